The highest BCUT2D eigenvalue weighted by Gasteiger charge is 2.57. The first-order valence-corrected chi connectivity index (χ1v) is 14.8. The van der Waals surface area contributed by atoms with Gasteiger partial charge in [-0.1, -0.05) is 6.07 Å². The molecule has 1 aliphatic heterocycles. The first-order valence-electron chi connectivity index (χ1n) is 14.8. The predicted octanol–water partition coefficient (Wildman–Crippen LogP) is 5.11. The Morgan fingerprint density at radius 3 is 2.45 bits per heavy atom. The predicted molar refractivity (Wildman–Crippen MR) is 162 cm³/mol. The number of aromatic nitrogens is 2. The molecule has 2 aromatic carbocycles. The van der Waals surface area contributed by atoms with Crippen LogP contribution in [0.5, 0.6) is 11.5 Å². The van der Waals surface area contributed by atoms with E-state index in [1.54, 1.807) is 12.1 Å². The van der Waals surface area contributed by atoms with Crippen LogP contribution in [0, 0.1) is 12.7 Å². The largest absolute Gasteiger partial charge is 0.490 e. The number of benzene rings is 2. The molecule has 9 nitrogen and oxygen atoms in total. The second-order valence-electron chi connectivity index (χ2n) is 12.0. The molecular weight excluding hydrogens is 620 g/mol. The van der Waals surface area contributed by atoms with Crippen molar-refractivity contribution in [3.63, 3.8) is 0 Å². The zero-order chi connectivity index (χ0) is 33.7. The molecule has 1 fully saturated rings. The smallest absolute Gasteiger partial charge is 0.424 e. The lowest BCUT2D eigenvalue weighted by atomic mass is 9.81. The van der Waals surface area contributed by atoms with E-state index >= 15 is 0 Å². The molecule has 3 heterocycles. The Labute approximate surface area is 266 Å². The van der Waals surface area contributed by atoms with E-state index in [2.05, 4.69) is 15.3 Å². The molecule has 6 rings (SSSR count). The molecule has 2 amide bonds. The Morgan fingerprint density at radius 2 is 1.81 bits per heavy atom. The Balaban J connectivity index is 1.37. The van der Waals surface area contributed by atoms with Crippen molar-refractivity contribution in [1.29, 1.82) is 0 Å². The third-order valence-corrected chi connectivity index (χ3v) is 8.36. The summed E-state index contributed by atoms with van der Waals surface area (Å²) < 4.78 is 69.8. The summed E-state index contributed by atoms with van der Waals surface area (Å²) in [5.74, 6) is -2.08. The van der Waals surface area contributed by atoms with Crippen LogP contribution >= 0.6 is 0 Å². The Hall–Kier alpha value is -5.04. The molecule has 2 aromatic heterocycles. The molecule has 4 aromatic rings. The molecule has 13 heteroatoms. The van der Waals surface area contributed by atoms with Gasteiger partial charge in [0.2, 0.25) is 11.5 Å². The number of primary amides is 1. The fraction of sp³-hybridized carbons (Fsp3) is 0.294. The SMILES string of the molecule is Cc1cccc(-c2ccc(C(=O)NC[C@](O)(c3cc4c(c(-c5ccc(F)cc5)n3)OC[C@]4(C)C(N)=O)C(F)(F)F)cc2OC2CC2)n1. The number of nitrogens with zero attached hydrogens (tertiary/aromatic N) is 2. The van der Waals surface area contributed by atoms with Crippen LogP contribution in [0.15, 0.2) is 66.7 Å². The molecule has 0 bridgehead atoms. The Bertz CT molecular complexity index is 1880. The van der Waals surface area contributed by atoms with Crippen molar-refractivity contribution in [3.05, 3.63) is 95.1 Å². The van der Waals surface area contributed by atoms with Gasteiger partial charge in [0.1, 0.15) is 35.0 Å². The van der Waals surface area contributed by atoms with Crippen LogP contribution in [0.4, 0.5) is 17.6 Å². The maximum absolute atomic E-state index is 14.8. The summed E-state index contributed by atoms with van der Waals surface area (Å²) in [6.45, 7) is 1.59. The van der Waals surface area contributed by atoms with Gasteiger partial charge in [0.15, 0.2) is 0 Å². The summed E-state index contributed by atoms with van der Waals surface area (Å²) in [6.07, 6.45) is -3.76. The van der Waals surface area contributed by atoms with Gasteiger partial charge in [0.05, 0.1) is 24.0 Å². The monoisotopic (exact) mass is 650 g/mol. The van der Waals surface area contributed by atoms with Gasteiger partial charge in [-0.05, 0) is 87.4 Å². The first kappa shape index (κ1) is 31.9. The number of carbonyl (C=O) groups is 2. The van der Waals surface area contributed by atoms with Gasteiger partial charge in [0, 0.05) is 27.9 Å². The minimum absolute atomic E-state index is 0.00908. The van der Waals surface area contributed by atoms with Gasteiger partial charge in [0.25, 0.3) is 5.91 Å². The number of rotatable bonds is 9. The molecule has 4 N–H and O–H groups in total. The number of ether oxygens (including phenoxy) is 2. The van der Waals surface area contributed by atoms with E-state index in [0.717, 1.165) is 36.7 Å². The molecule has 0 unspecified atom stereocenters. The van der Waals surface area contributed by atoms with Gasteiger partial charge in [-0.25, -0.2) is 9.37 Å². The zero-order valence-electron chi connectivity index (χ0n) is 25.3. The number of alkyl halides is 3. The van der Waals surface area contributed by atoms with Crippen molar-refractivity contribution in [2.24, 2.45) is 5.73 Å². The van der Waals surface area contributed by atoms with Crippen LogP contribution in [0.25, 0.3) is 22.5 Å². The number of hydrogen-bond acceptors (Lipinski definition) is 7. The number of aryl methyl sites for hydroxylation is 1. The second kappa shape index (κ2) is 11.6. The number of hydrogen-bond donors (Lipinski definition) is 3. The number of pyridine rings is 2. The third-order valence-electron chi connectivity index (χ3n) is 8.36. The maximum Gasteiger partial charge on any atom is 0.424 e. The van der Waals surface area contributed by atoms with Gasteiger partial charge in [-0.3, -0.25) is 14.6 Å². The van der Waals surface area contributed by atoms with Crippen molar-refractivity contribution in [1.82, 2.24) is 15.3 Å². The number of carbonyl (C=O) groups excluding carboxylic acids is 2. The third kappa shape index (κ3) is 5.98. The molecule has 1 saturated carbocycles. The van der Waals surface area contributed by atoms with E-state index in [1.165, 1.54) is 31.2 Å². The molecule has 0 spiro atoms. The summed E-state index contributed by atoms with van der Waals surface area (Å²) in [5, 5.41) is 13.5. The molecule has 1 aliphatic carbocycles. The van der Waals surface area contributed by atoms with Crippen molar-refractivity contribution in [3.8, 4) is 34.0 Å². The number of nitrogens with one attached hydrogen (secondary N) is 1. The van der Waals surface area contributed by atoms with Gasteiger partial charge < -0.3 is 25.6 Å². The van der Waals surface area contributed by atoms with Gasteiger partial charge >= 0.3 is 6.18 Å². The van der Waals surface area contributed by atoms with E-state index in [9.17, 15) is 32.3 Å². The lowest BCUT2D eigenvalue weighted by Crippen LogP contribution is -2.51. The number of nitrogens with two attached hydrogens (primary N) is 1. The lowest BCUT2D eigenvalue weighted by Gasteiger charge is -2.31. The Morgan fingerprint density at radius 1 is 1.09 bits per heavy atom. The molecular formula is C34H30F4N4O5. The van der Waals surface area contributed by atoms with E-state index < -0.39 is 47.1 Å². The highest BCUT2D eigenvalue weighted by Crippen LogP contribution is 2.48. The van der Waals surface area contributed by atoms with E-state index in [-0.39, 0.29) is 40.8 Å². The molecule has 47 heavy (non-hydrogen) atoms. The van der Waals surface area contributed by atoms with Crippen LogP contribution in [0.1, 0.15) is 47.1 Å². The average molecular weight is 651 g/mol. The van der Waals surface area contributed by atoms with Crippen molar-refractivity contribution < 1.29 is 41.7 Å². The number of halogens is 4. The lowest BCUT2D eigenvalue weighted by molar-refractivity contribution is -0.265. The first-order chi connectivity index (χ1) is 22.2. The normalized spacial score (nSPS) is 18.5. The van der Waals surface area contributed by atoms with Crippen LogP contribution < -0.4 is 20.5 Å². The maximum atomic E-state index is 14.8. The van der Waals surface area contributed by atoms with Crippen LogP contribution in [0.3, 0.4) is 0 Å². The molecule has 2 atom stereocenters. The van der Waals surface area contributed by atoms with Crippen LogP contribution in [-0.4, -0.2) is 52.3 Å². The minimum Gasteiger partial charge on any atom is -0.490 e. The number of aliphatic hydroxyl groups is 1. The number of fused-ring (bicyclic) bond motifs is 1. The summed E-state index contributed by atoms with van der Waals surface area (Å²) in [5.41, 5.74) is 1.33. The van der Waals surface area contributed by atoms with Gasteiger partial charge in [-0.2, -0.15) is 13.2 Å². The standard InChI is InChI=1S/C34H30F4N4O5/c1-18-4-3-5-25(41-18)23-13-8-20(14-26(23)47-22-11-12-22)30(43)40-16-33(45,34(36,37)38)27-15-24-29(46-17-32(24,2)31(39)44)28(42-27)19-6-9-21(35)10-7-19/h3-10,13-15,22,45H,11-12,16-17H2,1-2H3,(H2,39,44)(H,40,43)/t32-,33-/m0/s1. The summed E-state index contributed by atoms with van der Waals surface area (Å²) in [6, 6.07) is 15.5. The molecule has 0 saturated heterocycles. The second-order valence-corrected chi connectivity index (χ2v) is 12.0. The van der Waals surface area contributed by atoms with E-state index in [4.69, 9.17) is 15.2 Å². The fourth-order valence-electron chi connectivity index (χ4n) is 5.28. The highest BCUT2D eigenvalue weighted by molar-refractivity contribution is 5.95. The van der Waals surface area contributed by atoms with Crippen molar-refractivity contribution >= 4 is 11.8 Å². The van der Waals surface area contributed by atoms with Crippen LogP contribution in [0.2, 0.25) is 0 Å². The number of amides is 2. The average Bonchev–Trinajstić information content (AvgIpc) is 3.78. The van der Waals surface area contributed by atoms with Crippen LogP contribution in [-0.2, 0) is 15.8 Å². The van der Waals surface area contributed by atoms with Crippen molar-refractivity contribution in [2.45, 2.75) is 50.0 Å². The van der Waals surface area contributed by atoms with E-state index in [1.807, 2.05) is 19.1 Å². The summed E-state index contributed by atoms with van der Waals surface area (Å²) in [7, 11) is 0. The van der Waals surface area contributed by atoms with E-state index in [0.29, 0.717) is 17.0 Å². The quantitative estimate of drug-likeness (QED) is 0.214. The topological polar surface area (TPSA) is 137 Å². The highest BCUT2D eigenvalue weighted by atomic mass is 19.4. The molecule has 2 aliphatic rings. The molecule has 0 radical (unpaired) electrons. The summed E-state index contributed by atoms with van der Waals surface area (Å²) >= 11 is 0. The Kier molecular flexibility index (Phi) is 7.91. The fourth-order valence-corrected chi connectivity index (χ4v) is 5.28. The molecule has 244 valence electrons. The van der Waals surface area contributed by atoms with Gasteiger partial charge in [-0.15, -0.1) is 0 Å². The zero-order valence-corrected chi connectivity index (χ0v) is 25.3. The minimum atomic E-state index is -5.36. The van der Waals surface area contributed by atoms with Crippen molar-refractivity contribution in [2.75, 3.05) is 13.2 Å². The summed E-state index contributed by atoms with van der Waals surface area (Å²) in [4.78, 5) is 34.4.